The van der Waals surface area contributed by atoms with Gasteiger partial charge in [-0.25, -0.2) is 0 Å². The number of aliphatic hydroxyl groups is 6. The molecule has 0 aromatic heterocycles. The average Bonchev–Trinajstić information content (AvgIpc) is 3.45. The van der Waals surface area contributed by atoms with Crippen LogP contribution < -0.4 is 0 Å². The topological polar surface area (TPSA) is 194 Å². The first-order valence-corrected chi connectivity index (χ1v) is 20.1. The minimum atomic E-state index is -1.14. The van der Waals surface area contributed by atoms with Crippen molar-refractivity contribution in [2.45, 2.75) is 211 Å². The Hall–Kier alpha value is -1.34. The zero-order chi connectivity index (χ0) is 37.7. The van der Waals surface area contributed by atoms with Gasteiger partial charge in [-0.2, -0.15) is 0 Å². The van der Waals surface area contributed by atoms with Crippen molar-refractivity contribution in [3.05, 3.63) is 0 Å². The molecule has 0 aromatic carbocycles. The average molecular weight is 723 g/mol. The Balaban J connectivity index is 0. The number of carboxylic acids is 1. The Kier molecular flexibility index (Phi) is 39.5. The van der Waals surface area contributed by atoms with Crippen molar-refractivity contribution in [2.24, 2.45) is 0 Å². The third-order valence-corrected chi connectivity index (χ3v) is 8.88. The van der Waals surface area contributed by atoms with E-state index in [0.29, 0.717) is 12.8 Å². The number of carbonyl (C=O) groups excluding carboxylic acids is 1. The summed E-state index contributed by atoms with van der Waals surface area (Å²) in [6.45, 7) is 3.52. The zero-order valence-electron chi connectivity index (χ0n) is 31.9. The van der Waals surface area contributed by atoms with E-state index in [1.54, 1.807) is 0 Å². The second-order valence-corrected chi connectivity index (χ2v) is 13.8. The van der Waals surface area contributed by atoms with E-state index in [2.05, 4.69) is 13.8 Å². The summed E-state index contributed by atoms with van der Waals surface area (Å²) in [6.07, 6.45) is 26.1. The lowest BCUT2D eigenvalue weighted by atomic mass is 10.0. The predicted octanol–water partition coefficient (Wildman–Crippen LogP) is 6.60. The molecule has 0 aromatic rings. The smallest absolute Gasteiger partial charge is 0.305 e. The van der Waals surface area contributed by atoms with E-state index in [9.17, 15) is 24.9 Å². The van der Waals surface area contributed by atoms with Gasteiger partial charge in [-0.3, -0.25) is 9.59 Å². The molecule has 1 heterocycles. The first-order valence-electron chi connectivity index (χ1n) is 20.1. The van der Waals surface area contributed by atoms with Gasteiger partial charge in [-0.15, -0.1) is 0 Å². The van der Waals surface area contributed by atoms with Gasteiger partial charge in [0.15, 0.2) is 0 Å². The van der Waals surface area contributed by atoms with Crippen molar-refractivity contribution in [3.63, 3.8) is 0 Å². The van der Waals surface area contributed by atoms with Crippen LogP contribution in [0.4, 0.5) is 0 Å². The fraction of sp³-hybridized carbons (Fsp3) is 0.949. The summed E-state index contributed by atoms with van der Waals surface area (Å²) in [7, 11) is 0. The van der Waals surface area contributed by atoms with Crippen LogP contribution in [0.2, 0.25) is 0 Å². The number of carbonyl (C=O) groups is 2. The Labute approximate surface area is 304 Å². The largest absolute Gasteiger partial charge is 0.481 e. The standard InChI is InChI=1S/C18H34O6.C18H36O2.C3H8O3/c1-2-3-4-5-6-7-8-9-10-11-16(21)23-13-15(20)18-17(22)14(19)12-24-18;1-2-3-4-5-6-7-8-9-10-11-12-13-14-15-16-17-18(19)20;4-1-3(6)2-5/h14-15,17-20,22H,2-13H2,1H3;2-17H2,1H3,(H,19,20);3-6H,1-2H2/t14-,15+,17+,18+;;/m0../s1. The Morgan fingerprint density at radius 1 is 0.620 bits per heavy atom. The van der Waals surface area contributed by atoms with Crippen molar-refractivity contribution < 1.29 is 54.8 Å². The van der Waals surface area contributed by atoms with Crippen molar-refractivity contribution in [3.8, 4) is 0 Å². The van der Waals surface area contributed by atoms with Gasteiger partial charge in [-0.05, 0) is 12.8 Å². The summed E-state index contributed by atoms with van der Waals surface area (Å²) in [5.41, 5.74) is 0. The van der Waals surface area contributed by atoms with Crippen LogP contribution in [-0.2, 0) is 19.1 Å². The van der Waals surface area contributed by atoms with E-state index in [4.69, 9.17) is 29.9 Å². The fourth-order valence-electron chi connectivity index (χ4n) is 5.60. The molecule has 0 aliphatic carbocycles. The highest BCUT2D eigenvalue weighted by Crippen LogP contribution is 2.18. The van der Waals surface area contributed by atoms with Gasteiger partial charge in [-0.1, -0.05) is 155 Å². The number of hydrogen-bond donors (Lipinski definition) is 7. The molecule has 0 saturated carbocycles. The lowest BCUT2D eigenvalue weighted by molar-refractivity contribution is -0.151. The molecular weight excluding hydrogens is 644 g/mol. The van der Waals surface area contributed by atoms with Gasteiger partial charge in [0.25, 0.3) is 0 Å². The quantitative estimate of drug-likeness (QED) is 0.0301. The number of unbranched alkanes of at least 4 members (excludes halogenated alkanes) is 22. The second-order valence-electron chi connectivity index (χ2n) is 13.8. The SMILES string of the molecule is CCCCCCCCCCCC(=O)OC[C@@H](O)[C@H]1OC[C@H](O)[C@H]1O.CCCCCCCCCCCCCCCCCC(=O)O.OCC(O)CO. The first kappa shape index (κ1) is 50.8. The van der Waals surface area contributed by atoms with Crippen LogP contribution in [0.15, 0.2) is 0 Å². The monoisotopic (exact) mass is 723 g/mol. The molecule has 0 unspecified atom stereocenters. The minimum absolute atomic E-state index is 0.0186. The molecule has 11 heteroatoms. The highest BCUT2D eigenvalue weighted by Gasteiger charge is 2.39. The number of esters is 1. The van der Waals surface area contributed by atoms with E-state index in [1.165, 1.54) is 122 Å². The lowest BCUT2D eigenvalue weighted by Gasteiger charge is -2.20. The Morgan fingerprint density at radius 3 is 1.28 bits per heavy atom. The zero-order valence-corrected chi connectivity index (χ0v) is 31.9. The minimum Gasteiger partial charge on any atom is -0.481 e. The summed E-state index contributed by atoms with van der Waals surface area (Å²) in [5, 5.41) is 61.3. The van der Waals surface area contributed by atoms with Crippen LogP contribution in [0.25, 0.3) is 0 Å². The molecule has 1 fully saturated rings. The molecule has 50 heavy (non-hydrogen) atoms. The highest BCUT2D eigenvalue weighted by molar-refractivity contribution is 5.69. The molecule has 0 radical (unpaired) electrons. The van der Waals surface area contributed by atoms with Crippen LogP contribution in [0, 0.1) is 0 Å². The summed E-state index contributed by atoms with van der Waals surface area (Å²) < 4.78 is 10.1. The molecule has 1 rings (SSSR count). The summed E-state index contributed by atoms with van der Waals surface area (Å²) in [5.74, 6) is -0.996. The van der Waals surface area contributed by atoms with Crippen LogP contribution in [0.1, 0.15) is 181 Å². The third kappa shape index (κ3) is 35.1. The highest BCUT2D eigenvalue weighted by atomic mass is 16.6. The van der Waals surface area contributed by atoms with Crippen LogP contribution in [0.3, 0.4) is 0 Å². The predicted molar refractivity (Wildman–Crippen MR) is 198 cm³/mol. The molecule has 1 aliphatic heterocycles. The van der Waals surface area contributed by atoms with Crippen LogP contribution in [-0.4, -0.2) is 105 Å². The van der Waals surface area contributed by atoms with Gasteiger partial charge in [0, 0.05) is 12.8 Å². The van der Waals surface area contributed by atoms with Crippen LogP contribution in [0.5, 0.6) is 0 Å². The van der Waals surface area contributed by atoms with Gasteiger partial charge in [0.05, 0.1) is 19.8 Å². The number of hydrogen-bond acceptors (Lipinski definition) is 10. The van der Waals surface area contributed by atoms with Gasteiger partial charge in [0.2, 0.25) is 0 Å². The lowest BCUT2D eigenvalue weighted by Crippen LogP contribution is -2.41. The van der Waals surface area contributed by atoms with E-state index >= 15 is 0 Å². The summed E-state index contributed by atoms with van der Waals surface area (Å²) >= 11 is 0. The molecule has 7 N–H and O–H groups in total. The first-order chi connectivity index (χ1) is 24.1. The molecule has 1 aliphatic rings. The fourth-order valence-corrected chi connectivity index (χ4v) is 5.60. The van der Waals surface area contributed by atoms with Gasteiger partial charge < -0.3 is 45.2 Å². The molecule has 11 nitrogen and oxygen atoms in total. The summed E-state index contributed by atoms with van der Waals surface area (Å²) in [4.78, 5) is 22.0. The number of aliphatic carboxylic acids is 1. The van der Waals surface area contributed by atoms with E-state index in [0.717, 1.165) is 32.1 Å². The number of rotatable bonds is 31. The number of ether oxygens (including phenoxy) is 2. The Bertz CT molecular complexity index is 720. The normalized spacial score (nSPS) is 17.5. The molecule has 300 valence electrons. The van der Waals surface area contributed by atoms with Gasteiger partial charge >= 0.3 is 11.9 Å². The van der Waals surface area contributed by atoms with E-state index in [-0.39, 0.29) is 32.4 Å². The second kappa shape index (κ2) is 38.9. The number of aliphatic hydroxyl groups excluding tert-OH is 6. The molecule has 4 atom stereocenters. The molecule has 0 amide bonds. The Morgan fingerprint density at radius 2 is 0.980 bits per heavy atom. The van der Waals surface area contributed by atoms with Crippen molar-refractivity contribution in [1.82, 2.24) is 0 Å². The maximum absolute atomic E-state index is 11.6. The third-order valence-electron chi connectivity index (χ3n) is 8.88. The maximum Gasteiger partial charge on any atom is 0.305 e. The molecule has 1 saturated heterocycles. The van der Waals surface area contributed by atoms with Crippen LogP contribution >= 0.6 is 0 Å². The molecule has 0 bridgehead atoms. The van der Waals surface area contributed by atoms with Gasteiger partial charge in [0.1, 0.15) is 37.1 Å². The van der Waals surface area contributed by atoms with Crippen molar-refractivity contribution >= 4 is 11.9 Å². The van der Waals surface area contributed by atoms with E-state index < -0.39 is 36.5 Å². The molecular formula is C39H78O11. The summed E-state index contributed by atoms with van der Waals surface area (Å²) in [6, 6.07) is 0. The number of carboxylic acid groups (broad SMARTS) is 1. The maximum atomic E-state index is 11.6. The molecule has 0 spiro atoms. The van der Waals surface area contributed by atoms with Crippen molar-refractivity contribution in [2.75, 3.05) is 26.4 Å². The van der Waals surface area contributed by atoms with E-state index in [1.807, 2.05) is 0 Å². The van der Waals surface area contributed by atoms with Crippen molar-refractivity contribution in [1.29, 1.82) is 0 Å².